The number of carboxylic acids is 2. The van der Waals surface area contributed by atoms with Gasteiger partial charge in [0.1, 0.15) is 5.75 Å². The van der Waals surface area contributed by atoms with Crippen molar-refractivity contribution < 1.29 is 55.6 Å². The summed E-state index contributed by atoms with van der Waals surface area (Å²) in [5.41, 5.74) is -2.68. The second-order valence-corrected chi connectivity index (χ2v) is 9.38. The normalized spacial score (nSPS) is 11.8. The van der Waals surface area contributed by atoms with Crippen molar-refractivity contribution in [2.45, 2.75) is 18.9 Å². The van der Waals surface area contributed by atoms with Crippen molar-refractivity contribution in [1.82, 2.24) is 0 Å². The molecule has 3 N–H and O–H groups in total. The summed E-state index contributed by atoms with van der Waals surface area (Å²) >= 11 is 3.98. The zero-order chi connectivity index (χ0) is 28.4. The van der Waals surface area contributed by atoms with E-state index in [0.717, 1.165) is 11.3 Å². The topological polar surface area (TPSA) is 105 Å². The van der Waals surface area contributed by atoms with Crippen molar-refractivity contribution in [3.05, 3.63) is 62.4 Å². The van der Waals surface area contributed by atoms with Crippen molar-refractivity contribution in [3.8, 4) is 21.9 Å². The fourth-order valence-electron chi connectivity index (χ4n) is 3.30. The Morgan fingerprint density at radius 3 is 2.11 bits per heavy atom. The third kappa shape index (κ3) is 6.69. The smallest absolute Gasteiger partial charge is 0.416 e. The highest BCUT2D eigenvalue weighted by atomic mass is 79.9. The minimum atomic E-state index is -5.01. The zero-order valence-electron chi connectivity index (χ0n) is 19.0. The second kappa shape index (κ2) is 11.1. The van der Waals surface area contributed by atoms with Gasteiger partial charge in [0.2, 0.25) is 0 Å². The third-order valence-corrected chi connectivity index (χ3v) is 7.18. The number of alkyl halides is 6. The number of aromatic carboxylic acids is 1. The van der Waals surface area contributed by atoms with E-state index in [9.17, 15) is 41.0 Å². The van der Waals surface area contributed by atoms with Gasteiger partial charge in [0.05, 0.1) is 27.6 Å². The van der Waals surface area contributed by atoms with Crippen LogP contribution in [-0.2, 0) is 23.7 Å². The molecule has 0 saturated carbocycles. The number of nitrogens with one attached hydrogen (secondary N) is 1. The van der Waals surface area contributed by atoms with Gasteiger partial charge in [-0.15, -0.1) is 11.3 Å². The van der Waals surface area contributed by atoms with Gasteiger partial charge < -0.3 is 25.0 Å². The number of thiophene rings is 1. The molecule has 7 nitrogen and oxygen atoms in total. The van der Waals surface area contributed by atoms with E-state index in [0.29, 0.717) is 28.1 Å². The minimum absolute atomic E-state index is 0.0186. The maximum Gasteiger partial charge on any atom is 0.416 e. The molecule has 0 spiro atoms. The molecule has 1 aromatic heterocycles. The lowest BCUT2D eigenvalue weighted by Crippen LogP contribution is -2.12. The van der Waals surface area contributed by atoms with Gasteiger partial charge in [0, 0.05) is 17.8 Å². The summed E-state index contributed by atoms with van der Waals surface area (Å²) in [5.74, 6) is -2.67. The van der Waals surface area contributed by atoms with Crippen LogP contribution in [-0.4, -0.2) is 35.9 Å². The van der Waals surface area contributed by atoms with Crippen LogP contribution in [0.3, 0.4) is 0 Å². The van der Waals surface area contributed by atoms with Gasteiger partial charge in [-0.2, -0.15) is 26.3 Å². The molecule has 0 bridgehead atoms. The van der Waals surface area contributed by atoms with Crippen LogP contribution in [0.2, 0.25) is 0 Å². The number of rotatable bonds is 9. The molecule has 0 aliphatic carbocycles. The van der Waals surface area contributed by atoms with Crippen LogP contribution in [0.4, 0.5) is 32.0 Å². The molecule has 2 aromatic carbocycles. The molecule has 3 aromatic rings. The van der Waals surface area contributed by atoms with E-state index in [2.05, 4.69) is 21.2 Å². The maximum atomic E-state index is 13.2. The number of aliphatic carboxylic acids is 1. The summed E-state index contributed by atoms with van der Waals surface area (Å²) in [6.45, 7) is -1.06. The molecule has 0 atom stereocenters. The summed E-state index contributed by atoms with van der Waals surface area (Å²) in [6.07, 6.45) is -10.0. The van der Waals surface area contributed by atoms with Crippen LogP contribution >= 0.6 is 27.3 Å². The Bertz CT molecular complexity index is 1340. The minimum Gasteiger partial charge on any atom is -0.496 e. The Balaban J connectivity index is 1.99. The first-order valence-electron chi connectivity index (χ1n) is 10.2. The monoisotopic (exact) mass is 627 g/mol. The average Bonchev–Trinajstić information content (AvgIpc) is 3.16. The molecule has 0 saturated heterocycles. The van der Waals surface area contributed by atoms with E-state index >= 15 is 0 Å². The largest absolute Gasteiger partial charge is 0.496 e. The van der Waals surface area contributed by atoms with Crippen molar-refractivity contribution in [2.75, 3.05) is 19.0 Å². The van der Waals surface area contributed by atoms with Crippen LogP contribution < -0.4 is 14.8 Å². The molecular formula is C23H16BrF6NO6S. The van der Waals surface area contributed by atoms with Crippen LogP contribution in [0.25, 0.3) is 10.4 Å². The van der Waals surface area contributed by atoms with Gasteiger partial charge in [-0.1, -0.05) is 0 Å². The van der Waals surface area contributed by atoms with Gasteiger partial charge >= 0.3 is 24.3 Å². The van der Waals surface area contributed by atoms with E-state index in [4.69, 9.17) is 14.6 Å². The highest BCUT2D eigenvalue weighted by molar-refractivity contribution is 9.10. The van der Waals surface area contributed by atoms with Gasteiger partial charge in [0.25, 0.3) is 0 Å². The second-order valence-electron chi connectivity index (χ2n) is 7.57. The molecular weight excluding hydrogens is 612 g/mol. The molecule has 0 fully saturated rings. The molecule has 0 radical (unpaired) electrons. The van der Waals surface area contributed by atoms with Gasteiger partial charge in [-0.25, -0.2) is 9.59 Å². The van der Waals surface area contributed by atoms with E-state index in [-0.39, 0.29) is 33.5 Å². The quantitative estimate of drug-likeness (QED) is 0.219. The number of methoxy groups -OCH3 is 1. The maximum absolute atomic E-state index is 13.2. The summed E-state index contributed by atoms with van der Waals surface area (Å²) < 4.78 is 89.6. The van der Waals surface area contributed by atoms with E-state index < -0.39 is 47.7 Å². The summed E-state index contributed by atoms with van der Waals surface area (Å²) in [7, 11) is 1.31. The molecule has 204 valence electrons. The molecule has 1 heterocycles. The number of halogens is 7. The van der Waals surface area contributed by atoms with Crippen molar-refractivity contribution in [3.63, 3.8) is 0 Å². The Hall–Kier alpha value is -3.46. The van der Waals surface area contributed by atoms with E-state index in [1.165, 1.54) is 25.3 Å². The molecule has 0 amide bonds. The first-order chi connectivity index (χ1) is 17.6. The summed E-state index contributed by atoms with van der Waals surface area (Å²) in [4.78, 5) is 22.6. The fraction of sp³-hybridized carbons (Fsp3) is 0.217. The number of carboxylic acid groups (broad SMARTS) is 2. The molecule has 3 rings (SSSR count). The fourth-order valence-corrected chi connectivity index (χ4v) is 5.19. The lowest BCUT2D eigenvalue weighted by molar-refractivity contribution is -0.143. The predicted octanol–water partition coefficient (Wildman–Crippen LogP) is 7.00. The first kappa shape index (κ1) is 29.1. The van der Waals surface area contributed by atoms with Gasteiger partial charge in [0.15, 0.2) is 17.2 Å². The first-order valence-corrected chi connectivity index (χ1v) is 11.8. The Morgan fingerprint density at radius 2 is 1.61 bits per heavy atom. The van der Waals surface area contributed by atoms with Crippen LogP contribution in [0, 0.1) is 0 Å². The molecule has 0 aliphatic heterocycles. The predicted molar refractivity (Wildman–Crippen MR) is 128 cm³/mol. The number of benzene rings is 2. The van der Waals surface area contributed by atoms with Crippen LogP contribution in [0.1, 0.15) is 26.4 Å². The number of hydrogen-bond donors (Lipinski definition) is 3. The summed E-state index contributed by atoms with van der Waals surface area (Å²) in [6, 6.07) is 5.62. The Morgan fingerprint density at radius 1 is 1.00 bits per heavy atom. The van der Waals surface area contributed by atoms with Crippen molar-refractivity contribution in [1.29, 1.82) is 0 Å². The van der Waals surface area contributed by atoms with Crippen molar-refractivity contribution >= 4 is 44.9 Å². The SMILES string of the molecule is COc1ccc(-c2sc(C(=O)O)c(OCC(=O)O)c2Br)cc1CNc1cc(C(F)(F)F)cc(C(F)(F)F)c1. The van der Waals surface area contributed by atoms with Crippen LogP contribution in [0.5, 0.6) is 11.5 Å². The number of hydrogen-bond acceptors (Lipinski definition) is 6. The van der Waals surface area contributed by atoms with Crippen LogP contribution in [0.15, 0.2) is 40.9 Å². The van der Waals surface area contributed by atoms with E-state index in [1.54, 1.807) is 0 Å². The van der Waals surface area contributed by atoms with Gasteiger partial charge in [-0.05, 0) is 57.9 Å². The van der Waals surface area contributed by atoms with Gasteiger partial charge in [-0.3, -0.25) is 0 Å². The number of carbonyl (C=O) groups is 2. The Labute approximate surface area is 222 Å². The van der Waals surface area contributed by atoms with E-state index in [1.807, 2.05) is 0 Å². The molecule has 15 heteroatoms. The summed E-state index contributed by atoms with van der Waals surface area (Å²) in [5, 5.41) is 20.9. The standard InChI is InChI=1S/C23H16BrF6NO6S/c1-36-15-3-2-10(19-17(24)18(37-9-16(32)33)20(38-19)21(34)35)4-11(15)8-31-14-6-12(22(25,26)27)5-13(7-14)23(28,29)30/h2-7,31H,8-9H2,1H3,(H,32,33)(H,34,35). The highest BCUT2D eigenvalue weighted by Gasteiger charge is 2.37. The molecule has 0 unspecified atom stereocenters. The highest BCUT2D eigenvalue weighted by Crippen LogP contribution is 2.46. The Kier molecular flexibility index (Phi) is 8.51. The van der Waals surface area contributed by atoms with Crippen molar-refractivity contribution in [2.24, 2.45) is 0 Å². The molecule has 38 heavy (non-hydrogen) atoms. The number of anilines is 1. The third-order valence-electron chi connectivity index (χ3n) is 4.96. The lowest BCUT2D eigenvalue weighted by Gasteiger charge is -2.16. The number of ether oxygens (including phenoxy) is 2. The lowest BCUT2D eigenvalue weighted by atomic mass is 10.1. The molecule has 0 aliphatic rings. The average molecular weight is 628 g/mol. The zero-order valence-corrected chi connectivity index (χ0v) is 21.4.